The molecule has 1 aliphatic carbocycles. The molecule has 0 amide bonds. The SMILES string of the molecule is Cc1ccc(CNCC2CCCCC2O)cc1Br. The molecular weight excluding hydrogens is 290 g/mol. The summed E-state index contributed by atoms with van der Waals surface area (Å²) in [5.41, 5.74) is 2.55. The number of nitrogens with one attached hydrogen (secondary N) is 1. The van der Waals surface area contributed by atoms with E-state index in [1.54, 1.807) is 0 Å². The lowest BCUT2D eigenvalue weighted by atomic mass is 9.86. The van der Waals surface area contributed by atoms with Crippen LogP contribution in [-0.4, -0.2) is 17.8 Å². The van der Waals surface area contributed by atoms with E-state index in [0.717, 1.165) is 25.9 Å². The fourth-order valence-electron chi connectivity index (χ4n) is 2.57. The third-order valence-electron chi connectivity index (χ3n) is 3.84. The Morgan fingerprint density at radius 2 is 2.11 bits per heavy atom. The Hall–Kier alpha value is -0.380. The van der Waals surface area contributed by atoms with Crippen LogP contribution in [0.3, 0.4) is 0 Å². The summed E-state index contributed by atoms with van der Waals surface area (Å²) in [4.78, 5) is 0. The van der Waals surface area contributed by atoms with E-state index in [9.17, 15) is 5.11 Å². The second-order valence-electron chi connectivity index (χ2n) is 5.33. The molecule has 0 heterocycles. The first-order valence-corrected chi connectivity index (χ1v) is 7.60. The molecular formula is C15H22BrNO. The highest BCUT2D eigenvalue weighted by Crippen LogP contribution is 2.23. The number of hydrogen-bond donors (Lipinski definition) is 2. The summed E-state index contributed by atoms with van der Waals surface area (Å²) >= 11 is 3.56. The Morgan fingerprint density at radius 3 is 2.83 bits per heavy atom. The Balaban J connectivity index is 1.79. The maximum Gasteiger partial charge on any atom is 0.0580 e. The average molecular weight is 312 g/mol. The van der Waals surface area contributed by atoms with E-state index in [1.165, 1.54) is 28.4 Å². The molecule has 1 saturated carbocycles. The fraction of sp³-hybridized carbons (Fsp3) is 0.600. The van der Waals surface area contributed by atoms with Crippen molar-refractivity contribution in [3.8, 4) is 0 Å². The highest BCUT2D eigenvalue weighted by molar-refractivity contribution is 9.10. The zero-order chi connectivity index (χ0) is 13.0. The Bertz CT molecular complexity index is 394. The second-order valence-corrected chi connectivity index (χ2v) is 6.18. The van der Waals surface area contributed by atoms with Gasteiger partial charge in [0.25, 0.3) is 0 Å². The quantitative estimate of drug-likeness (QED) is 0.893. The molecule has 1 fully saturated rings. The van der Waals surface area contributed by atoms with E-state index in [0.29, 0.717) is 5.92 Å². The van der Waals surface area contributed by atoms with Gasteiger partial charge < -0.3 is 10.4 Å². The molecule has 2 nitrogen and oxygen atoms in total. The van der Waals surface area contributed by atoms with Crippen molar-refractivity contribution in [2.45, 2.75) is 45.3 Å². The van der Waals surface area contributed by atoms with Crippen molar-refractivity contribution in [1.29, 1.82) is 0 Å². The van der Waals surface area contributed by atoms with Gasteiger partial charge in [-0.15, -0.1) is 0 Å². The summed E-state index contributed by atoms with van der Waals surface area (Å²) in [6.07, 6.45) is 4.48. The van der Waals surface area contributed by atoms with Crippen LogP contribution in [-0.2, 0) is 6.54 Å². The number of aryl methyl sites for hydroxylation is 1. The Kier molecular flexibility index (Phi) is 5.22. The lowest BCUT2D eigenvalue weighted by Gasteiger charge is -2.27. The molecule has 0 aliphatic heterocycles. The maximum absolute atomic E-state index is 9.90. The molecule has 2 atom stereocenters. The van der Waals surface area contributed by atoms with Gasteiger partial charge in [0.2, 0.25) is 0 Å². The molecule has 0 bridgehead atoms. The first-order valence-electron chi connectivity index (χ1n) is 6.80. The third-order valence-corrected chi connectivity index (χ3v) is 4.70. The first kappa shape index (κ1) is 14.0. The average Bonchev–Trinajstić information content (AvgIpc) is 2.36. The largest absolute Gasteiger partial charge is 0.393 e. The topological polar surface area (TPSA) is 32.3 Å². The summed E-state index contributed by atoms with van der Waals surface area (Å²) < 4.78 is 1.17. The Labute approximate surface area is 118 Å². The summed E-state index contributed by atoms with van der Waals surface area (Å²) in [5, 5.41) is 13.4. The molecule has 0 spiro atoms. The summed E-state index contributed by atoms with van der Waals surface area (Å²) in [7, 11) is 0. The normalized spacial score (nSPS) is 24.2. The summed E-state index contributed by atoms with van der Waals surface area (Å²) in [6, 6.07) is 6.46. The van der Waals surface area contributed by atoms with Gasteiger partial charge in [0.05, 0.1) is 6.10 Å². The van der Waals surface area contributed by atoms with Crippen molar-refractivity contribution < 1.29 is 5.11 Å². The second kappa shape index (κ2) is 6.69. The molecule has 1 aliphatic rings. The Morgan fingerprint density at radius 1 is 1.33 bits per heavy atom. The summed E-state index contributed by atoms with van der Waals surface area (Å²) in [5.74, 6) is 0.438. The van der Waals surface area contributed by atoms with Crippen molar-refractivity contribution in [2.24, 2.45) is 5.92 Å². The van der Waals surface area contributed by atoms with Crippen molar-refractivity contribution in [2.75, 3.05) is 6.54 Å². The zero-order valence-electron chi connectivity index (χ0n) is 11.0. The lowest BCUT2D eigenvalue weighted by Crippen LogP contribution is -2.33. The molecule has 2 rings (SSSR count). The minimum absolute atomic E-state index is 0.101. The molecule has 2 N–H and O–H groups in total. The molecule has 1 aromatic carbocycles. The van der Waals surface area contributed by atoms with Crippen molar-refractivity contribution in [1.82, 2.24) is 5.32 Å². The predicted octanol–water partition coefficient (Wildman–Crippen LogP) is 3.40. The zero-order valence-corrected chi connectivity index (χ0v) is 12.5. The van der Waals surface area contributed by atoms with Crippen LogP contribution in [0, 0.1) is 12.8 Å². The molecule has 18 heavy (non-hydrogen) atoms. The number of aliphatic hydroxyl groups excluding tert-OH is 1. The fourth-order valence-corrected chi connectivity index (χ4v) is 3.00. The minimum atomic E-state index is -0.101. The van der Waals surface area contributed by atoms with Gasteiger partial charge in [0.1, 0.15) is 0 Å². The van der Waals surface area contributed by atoms with Crippen molar-refractivity contribution >= 4 is 15.9 Å². The number of rotatable bonds is 4. The number of benzene rings is 1. The van der Waals surface area contributed by atoms with Crippen molar-refractivity contribution in [3.63, 3.8) is 0 Å². The van der Waals surface area contributed by atoms with Gasteiger partial charge in [0.15, 0.2) is 0 Å². The van der Waals surface area contributed by atoms with Gasteiger partial charge in [-0.25, -0.2) is 0 Å². The van der Waals surface area contributed by atoms with E-state index >= 15 is 0 Å². The van der Waals surface area contributed by atoms with E-state index in [2.05, 4.69) is 46.4 Å². The van der Waals surface area contributed by atoms with Gasteiger partial charge in [-0.05, 0) is 42.9 Å². The number of aliphatic hydroxyl groups is 1. The van der Waals surface area contributed by atoms with Crippen molar-refractivity contribution in [3.05, 3.63) is 33.8 Å². The van der Waals surface area contributed by atoms with Crippen LogP contribution < -0.4 is 5.32 Å². The van der Waals surface area contributed by atoms with Crippen LogP contribution in [0.15, 0.2) is 22.7 Å². The van der Waals surface area contributed by atoms with Crippen LogP contribution in [0.2, 0.25) is 0 Å². The molecule has 1 aromatic rings. The monoisotopic (exact) mass is 311 g/mol. The van der Waals surface area contributed by atoms with Crippen LogP contribution in [0.1, 0.15) is 36.8 Å². The standard InChI is InChI=1S/C15H22BrNO/c1-11-6-7-12(8-14(11)16)9-17-10-13-4-2-3-5-15(13)18/h6-8,13,15,17-18H,2-5,9-10H2,1H3. The molecule has 2 unspecified atom stereocenters. The molecule has 0 radical (unpaired) electrons. The van der Waals surface area contributed by atoms with E-state index in [4.69, 9.17) is 0 Å². The molecule has 0 aromatic heterocycles. The van der Waals surface area contributed by atoms with E-state index < -0.39 is 0 Å². The van der Waals surface area contributed by atoms with Gasteiger partial charge in [-0.1, -0.05) is 40.9 Å². The van der Waals surface area contributed by atoms with Gasteiger partial charge >= 0.3 is 0 Å². The molecule has 3 heteroatoms. The van der Waals surface area contributed by atoms with E-state index in [1.807, 2.05) is 0 Å². The first-order chi connectivity index (χ1) is 8.66. The third kappa shape index (κ3) is 3.81. The van der Waals surface area contributed by atoms with E-state index in [-0.39, 0.29) is 6.10 Å². The highest BCUT2D eigenvalue weighted by atomic mass is 79.9. The molecule has 100 valence electrons. The summed E-state index contributed by atoms with van der Waals surface area (Å²) in [6.45, 7) is 3.90. The maximum atomic E-state index is 9.90. The van der Waals surface area contributed by atoms with Gasteiger partial charge in [0, 0.05) is 17.6 Å². The minimum Gasteiger partial charge on any atom is -0.393 e. The lowest BCUT2D eigenvalue weighted by molar-refractivity contribution is 0.0695. The van der Waals surface area contributed by atoms with Gasteiger partial charge in [-0.3, -0.25) is 0 Å². The van der Waals surface area contributed by atoms with Crippen LogP contribution >= 0.6 is 15.9 Å². The smallest absolute Gasteiger partial charge is 0.0580 e. The van der Waals surface area contributed by atoms with Crippen LogP contribution in [0.5, 0.6) is 0 Å². The predicted molar refractivity (Wildman–Crippen MR) is 78.6 cm³/mol. The van der Waals surface area contributed by atoms with Crippen LogP contribution in [0.4, 0.5) is 0 Å². The molecule has 0 saturated heterocycles. The number of halogens is 1. The van der Waals surface area contributed by atoms with Gasteiger partial charge in [-0.2, -0.15) is 0 Å². The van der Waals surface area contributed by atoms with Crippen LogP contribution in [0.25, 0.3) is 0 Å². The highest BCUT2D eigenvalue weighted by Gasteiger charge is 2.22. The number of hydrogen-bond acceptors (Lipinski definition) is 2.